The van der Waals surface area contributed by atoms with Gasteiger partial charge >= 0.3 is 0 Å². The fraction of sp³-hybridized carbons (Fsp3) is 0.308. The first-order valence-electron chi connectivity index (χ1n) is 5.58. The number of nitrogens with zero attached hydrogens (tertiary/aromatic N) is 1. The average molecular weight is 264 g/mol. The van der Waals surface area contributed by atoms with Crippen LogP contribution in [0.15, 0.2) is 35.4 Å². The normalized spacial score (nSPS) is 11.0. The minimum atomic E-state index is 0.593. The van der Waals surface area contributed by atoms with Crippen LogP contribution in [0.2, 0.25) is 0 Å². The van der Waals surface area contributed by atoms with Crippen molar-refractivity contribution >= 4 is 28.2 Å². The number of hydrogen-bond acceptors (Lipinski definition) is 4. The van der Waals surface area contributed by atoms with Gasteiger partial charge in [-0.3, -0.25) is 0 Å². The maximum Gasteiger partial charge on any atom is 0.180 e. The largest absolute Gasteiger partial charge is 0.375 e. The molecule has 1 aromatic carbocycles. The van der Waals surface area contributed by atoms with Crippen molar-refractivity contribution in [2.45, 2.75) is 30.4 Å². The van der Waals surface area contributed by atoms with E-state index < -0.39 is 0 Å². The second-order valence-corrected chi connectivity index (χ2v) is 6.37. The molecule has 0 unspecified atom stereocenters. The molecule has 0 aliphatic carbocycles. The van der Waals surface area contributed by atoms with Crippen molar-refractivity contribution in [3.05, 3.63) is 40.9 Å². The van der Waals surface area contributed by atoms with Gasteiger partial charge in [0, 0.05) is 21.7 Å². The van der Waals surface area contributed by atoms with Gasteiger partial charge in [0.25, 0.3) is 0 Å². The highest BCUT2D eigenvalue weighted by Crippen LogP contribution is 2.27. The first-order chi connectivity index (χ1) is 8.15. The summed E-state index contributed by atoms with van der Waals surface area (Å²) in [5, 5.41) is 0.649. The Kier molecular flexibility index (Phi) is 4.07. The Bertz CT molecular complexity index is 474. The van der Waals surface area contributed by atoms with Crippen molar-refractivity contribution in [3.8, 4) is 0 Å². The number of anilines is 1. The van der Waals surface area contributed by atoms with E-state index in [9.17, 15) is 0 Å². The Morgan fingerprint density at radius 2 is 2.00 bits per heavy atom. The van der Waals surface area contributed by atoms with Crippen LogP contribution in [0.4, 0.5) is 5.13 Å². The van der Waals surface area contributed by atoms with Gasteiger partial charge in [0.05, 0.1) is 0 Å². The minimum absolute atomic E-state index is 0.593. The van der Waals surface area contributed by atoms with Gasteiger partial charge in [0.2, 0.25) is 0 Å². The van der Waals surface area contributed by atoms with Crippen molar-refractivity contribution < 1.29 is 0 Å². The molecule has 0 saturated carbocycles. The van der Waals surface area contributed by atoms with Crippen molar-refractivity contribution in [2.75, 3.05) is 5.73 Å². The number of aromatic nitrogens is 1. The molecule has 2 N–H and O–H groups in total. The third-order valence-electron chi connectivity index (χ3n) is 2.50. The summed E-state index contributed by atoms with van der Waals surface area (Å²) in [6.45, 7) is 4.42. The van der Waals surface area contributed by atoms with E-state index in [4.69, 9.17) is 5.73 Å². The van der Waals surface area contributed by atoms with E-state index in [2.05, 4.69) is 43.1 Å². The molecule has 0 atom stereocenters. The summed E-state index contributed by atoms with van der Waals surface area (Å²) in [4.78, 5) is 6.56. The van der Waals surface area contributed by atoms with Crippen LogP contribution in [0.3, 0.4) is 0 Å². The van der Waals surface area contributed by atoms with Gasteiger partial charge < -0.3 is 5.73 Å². The summed E-state index contributed by atoms with van der Waals surface area (Å²) in [5.41, 5.74) is 6.98. The number of hydrogen-bond donors (Lipinski definition) is 1. The number of nitrogens with two attached hydrogens (primary N) is 1. The van der Waals surface area contributed by atoms with E-state index in [1.165, 1.54) is 15.3 Å². The lowest BCUT2D eigenvalue weighted by Crippen LogP contribution is -1.85. The predicted molar refractivity (Wildman–Crippen MR) is 76.6 cm³/mol. The molecule has 2 nitrogen and oxygen atoms in total. The lowest BCUT2D eigenvalue weighted by Gasteiger charge is -2.06. The number of benzene rings is 1. The van der Waals surface area contributed by atoms with Crippen LogP contribution in [0.5, 0.6) is 0 Å². The van der Waals surface area contributed by atoms with E-state index in [0.29, 0.717) is 11.0 Å². The molecular formula is C13H16N2S2. The third-order valence-corrected chi connectivity index (χ3v) is 4.57. The van der Waals surface area contributed by atoms with Crippen LogP contribution in [0.25, 0.3) is 0 Å². The molecule has 0 aliphatic heterocycles. The summed E-state index contributed by atoms with van der Waals surface area (Å²) in [6, 6.07) is 8.77. The molecule has 90 valence electrons. The highest BCUT2D eigenvalue weighted by atomic mass is 32.2. The van der Waals surface area contributed by atoms with Gasteiger partial charge in [0.15, 0.2) is 5.13 Å². The summed E-state index contributed by atoms with van der Waals surface area (Å²) in [7, 11) is 0. The molecule has 0 fully saturated rings. The van der Waals surface area contributed by atoms with Gasteiger partial charge in [-0.15, -0.1) is 23.1 Å². The molecule has 0 saturated heterocycles. The molecule has 2 aromatic rings. The van der Waals surface area contributed by atoms with Gasteiger partial charge in [-0.05, 0) is 23.6 Å². The van der Waals surface area contributed by atoms with Crippen LogP contribution in [0, 0.1) is 0 Å². The number of thioether (sulfide) groups is 1. The highest BCUT2D eigenvalue weighted by Gasteiger charge is 2.02. The van der Waals surface area contributed by atoms with Crippen molar-refractivity contribution in [1.82, 2.24) is 4.98 Å². The zero-order valence-electron chi connectivity index (χ0n) is 10.0. The smallest absolute Gasteiger partial charge is 0.180 e. The monoisotopic (exact) mass is 264 g/mol. The Morgan fingerprint density at radius 1 is 1.29 bits per heavy atom. The molecule has 1 aromatic heterocycles. The predicted octanol–water partition coefficient (Wildman–Crippen LogP) is 4.14. The van der Waals surface area contributed by atoms with Crippen molar-refractivity contribution in [3.63, 3.8) is 0 Å². The average Bonchev–Trinajstić information content (AvgIpc) is 2.73. The van der Waals surface area contributed by atoms with Crippen molar-refractivity contribution in [1.29, 1.82) is 0 Å². The summed E-state index contributed by atoms with van der Waals surface area (Å²) < 4.78 is 0. The second-order valence-electron chi connectivity index (χ2n) is 4.18. The van der Waals surface area contributed by atoms with E-state index in [1.54, 1.807) is 11.3 Å². The molecule has 17 heavy (non-hydrogen) atoms. The first kappa shape index (κ1) is 12.5. The lowest BCUT2D eigenvalue weighted by molar-refractivity contribution is 0.865. The van der Waals surface area contributed by atoms with Gasteiger partial charge in [-0.1, -0.05) is 26.0 Å². The zero-order chi connectivity index (χ0) is 12.3. The fourth-order valence-electron chi connectivity index (χ4n) is 1.49. The molecule has 0 spiro atoms. The molecule has 0 amide bonds. The number of nitrogen functional groups attached to an aromatic ring is 1. The SMILES string of the molecule is CC(C)c1ccc(SCc2cnc(N)s2)cc1. The van der Waals surface area contributed by atoms with Crippen LogP contribution < -0.4 is 5.73 Å². The highest BCUT2D eigenvalue weighted by molar-refractivity contribution is 7.98. The lowest BCUT2D eigenvalue weighted by atomic mass is 10.0. The van der Waals surface area contributed by atoms with Crippen LogP contribution >= 0.6 is 23.1 Å². The summed E-state index contributed by atoms with van der Waals surface area (Å²) in [6.07, 6.45) is 1.86. The molecule has 1 heterocycles. The maximum atomic E-state index is 5.60. The van der Waals surface area contributed by atoms with E-state index >= 15 is 0 Å². The second kappa shape index (κ2) is 5.56. The molecule has 0 bridgehead atoms. The molecule has 2 rings (SSSR count). The molecular weight excluding hydrogens is 248 g/mol. The Morgan fingerprint density at radius 3 is 2.53 bits per heavy atom. The van der Waals surface area contributed by atoms with Gasteiger partial charge in [0.1, 0.15) is 0 Å². The number of rotatable bonds is 4. The standard InChI is InChI=1S/C13H16N2S2/c1-9(2)10-3-5-11(6-4-10)16-8-12-7-15-13(14)17-12/h3-7,9H,8H2,1-2H3,(H2,14,15). The summed E-state index contributed by atoms with van der Waals surface area (Å²) >= 11 is 3.38. The topological polar surface area (TPSA) is 38.9 Å². The molecule has 0 aliphatic rings. The molecule has 4 heteroatoms. The first-order valence-corrected chi connectivity index (χ1v) is 7.38. The minimum Gasteiger partial charge on any atom is -0.375 e. The third kappa shape index (κ3) is 3.48. The number of thiazole rings is 1. The van der Waals surface area contributed by atoms with Crippen LogP contribution in [0.1, 0.15) is 30.2 Å². The quantitative estimate of drug-likeness (QED) is 0.843. The van der Waals surface area contributed by atoms with Gasteiger partial charge in [-0.2, -0.15) is 0 Å². The van der Waals surface area contributed by atoms with E-state index in [-0.39, 0.29) is 0 Å². The molecule has 0 radical (unpaired) electrons. The Hall–Kier alpha value is -1.00. The van der Waals surface area contributed by atoms with Crippen LogP contribution in [-0.4, -0.2) is 4.98 Å². The Balaban J connectivity index is 1.95. The maximum absolute atomic E-state index is 5.60. The van der Waals surface area contributed by atoms with E-state index in [0.717, 1.165) is 5.75 Å². The zero-order valence-corrected chi connectivity index (χ0v) is 11.6. The fourth-order valence-corrected chi connectivity index (χ4v) is 3.10. The summed E-state index contributed by atoms with van der Waals surface area (Å²) in [5.74, 6) is 1.53. The Labute approximate surface area is 110 Å². The van der Waals surface area contributed by atoms with E-state index in [1.807, 2.05) is 18.0 Å². The van der Waals surface area contributed by atoms with Crippen LogP contribution in [-0.2, 0) is 5.75 Å². The van der Waals surface area contributed by atoms with Gasteiger partial charge in [-0.25, -0.2) is 4.98 Å². The van der Waals surface area contributed by atoms with Crippen molar-refractivity contribution in [2.24, 2.45) is 0 Å².